The molecule has 1 N–H and O–H groups in total. The number of aliphatic carboxylic acids is 1. The molecule has 0 aliphatic carbocycles. The van der Waals surface area contributed by atoms with Crippen molar-refractivity contribution in [1.29, 1.82) is 0 Å². The highest BCUT2D eigenvalue weighted by atomic mass is 79.9. The van der Waals surface area contributed by atoms with E-state index in [1.54, 1.807) is 36.4 Å². The monoisotopic (exact) mass is 411 g/mol. The summed E-state index contributed by atoms with van der Waals surface area (Å²) in [5.41, 5.74) is 1.64. The Morgan fingerprint density at radius 2 is 1.67 bits per heavy atom. The first-order valence-corrected chi connectivity index (χ1v) is 9.51. The Morgan fingerprint density at radius 1 is 1.12 bits per heavy atom. The van der Waals surface area contributed by atoms with Gasteiger partial charge in [-0.15, -0.1) is 0 Å². The Bertz CT molecular complexity index is 817. The van der Waals surface area contributed by atoms with E-state index in [1.807, 2.05) is 6.92 Å². The van der Waals surface area contributed by atoms with E-state index in [0.717, 1.165) is 14.3 Å². The van der Waals surface area contributed by atoms with Gasteiger partial charge in [0.2, 0.25) is 10.0 Å². The second-order valence-electron chi connectivity index (χ2n) is 5.50. The van der Waals surface area contributed by atoms with Crippen LogP contribution < -0.4 is 0 Å². The number of halogens is 1. The van der Waals surface area contributed by atoms with Gasteiger partial charge in [0, 0.05) is 11.0 Å². The number of carboxylic acid groups (broad SMARTS) is 1. The number of carbonyl (C=O) groups is 1. The first kappa shape index (κ1) is 18.6. The number of hydrogen-bond acceptors (Lipinski definition) is 3. The van der Waals surface area contributed by atoms with Crippen molar-refractivity contribution >= 4 is 31.9 Å². The summed E-state index contributed by atoms with van der Waals surface area (Å²) in [5, 5.41) is 9.32. The van der Waals surface area contributed by atoms with Crippen LogP contribution in [0.1, 0.15) is 18.1 Å². The lowest BCUT2D eigenvalue weighted by Crippen LogP contribution is -2.42. The summed E-state index contributed by atoms with van der Waals surface area (Å²) in [7, 11) is -3.93. The van der Waals surface area contributed by atoms with Crippen molar-refractivity contribution in [3.63, 3.8) is 0 Å². The molecule has 2 rings (SSSR count). The summed E-state index contributed by atoms with van der Waals surface area (Å²) in [4.78, 5) is 11.5. The molecule has 2 aromatic rings. The van der Waals surface area contributed by atoms with E-state index in [2.05, 4.69) is 15.9 Å². The van der Waals surface area contributed by atoms with Gasteiger partial charge in [-0.25, -0.2) is 8.42 Å². The van der Waals surface area contributed by atoms with Gasteiger partial charge < -0.3 is 5.11 Å². The lowest BCUT2D eigenvalue weighted by atomic mass is 10.2. The lowest BCUT2D eigenvalue weighted by Gasteiger charge is -2.26. The van der Waals surface area contributed by atoms with Crippen molar-refractivity contribution in [1.82, 2.24) is 4.31 Å². The van der Waals surface area contributed by atoms with Gasteiger partial charge in [-0.3, -0.25) is 4.79 Å². The smallest absolute Gasteiger partial charge is 0.321 e. The Morgan fingerprint density at radius 3 is 2.17 bits per heavy atom. The summed E-state index contributed by atoms with van der Waals surface area (Å²) in [5.74, 6) is -1.19. The van der Waals surface area contributed by atoms with Crippen LogP contribution in [0.25, 0.3) is 0 Å². The van der Waals surface area contributed by atoms with Gasteiger partial charge in [0.25, 0.3) is 0 Å². The molecule has 7 heteroatoms. The molecule has 0 aliphatic rings. The number of sulfonamides is 1. The van der Waals surface area contributed by atoms with Gasteiger partial charge in [0.1, 0.15) is 6.04 Å². The summed E-state index contributed by atoms with van der Waals surface area (Å²) >= 11 is 3.32. The van der Waals surface area contributed by atoms with Crippen molar-refractivity contribution in [2.75, 3.05) is 0 Å². The van der Waals surface area contributed by atoms with E-state index in [0.29, 0.717) is 5.56 Å². The molecule has 24 heavy (non-hydrogen) atoms. The Kier molecular flexibility index (Phi) is 5.79. The molecule has 1 unspecified atom stereocenters. The zero-order valence-electron chi connectivity index (χ0n) is 13.3. The van der Waals surface area contributed by atoms with Gasteiger partial charge in [0.15, 0.2) is 0 Å². The van der Waals surface area contributed by atoms with Gasteiger partial charge in [-0.05, 0) is 43.7 Å². The topological polar surface area (TPSA) is 74.7 Å². The minimum absolute atomic E-state index is 0.0169. The predicted octanol–water partition coefficient (Wildman–Crippen LogP) is 3.42. The molecule has 0 bridgehead atoms. The molecule has 0 spiro atoms. The molecule has 0 saturated carbocycles. The standard InChI is InChI=1S/C17H18BrNO4S/c1-12-3-9-16(10-4-12)24(22,23)19(13(2)17(20)21)11-14-5-7-15(18)8-6-14/h3-10,13H,11H2,1-2H3,(H,20,21). The first-order chi connectivity index (χ1) is 11.2. The van der Waals surface area contributed by atoms with Crippen molar-refractivity contribution in [2.45, 2.75) is 31.3 Å². The van der Waals surface area contributed by atoms with Crippen LogP contribution in [0, 0.1) is 6.92 Å². The molecule has 0 amide bonds. The molecule has 0 heterocycles. The quantitative estimate of drug-likeness (QED) is 0.789. The van der Waals surface area contributed by atoms with E-state index in [4.69, 9.17) is 0 Å². The largest absolute Gasteiger partial charge is 0.480 e. The summed E-state index contributed by atoms with van der Waals surface area (Å²) in [6.45, 7) is 3.21. The fourth-order valence-corrected chi connectivity index (χ4v) is 4.01. The fraction of sp³-hybridized carbons (Fsp3) is 0.235. The minimum atomic E-state index is -3.93. The number of aryl methyl sites for hydroxylation is 1. The van der Waals surface area contributed by atoms with Crippen molar-refractivity contribution in [3.8, 4) is 0 Å². The Balaban J connectivity index is 2.43. The van der Waals surface area contributed by atoms with Gasteiger partial charge in [0.05, 0.1) is 4.90 Å². The molecular formula is C17H18BrNO4S. The number of nitrogens with zero attached hydrogens (tertiary/aromatic N) is 1. The van der Waals surface area contributed by atoms with E-state index < -0.39 is 22.0 Å². The van der Waals surface area contributed by atoms with Gasteiger partial charge in [-0.2, -0.15) is 4.31 Å². The molecule has 0 saturated heterocycles. The van der Waals surface area contributed by atoms with Crippen LogP contribution in [0.3, 0.4) is 0 Å². The van der Waals surface area contributed by atoms with Crippen LogP contribution in [-0.4, -0.2) is 29.8 Å². The third-order valence-corrected chi connectivity index (χ3v) is 6.13. The highest BCUT2D eigenvalue weighted by molar-refractivity contribution is 9.10. The second-order valence-corrected chi connectivity index (χ2v) is 8.31. The SMILES string of the molecule is Cc1ccc(S(=O)(=O)N(Cc2ccc(Br)cc2)C(C)C(=O)O)cc1. The number of carboxylic acids is 1. The number of hydrogen-bond donors (Lipinski definition) is 1. The summed E-state index contributed by atoms with van der Waals surface area (Å²) < 4.78 is 27.7. The minimum Gasteiger partial charge on any atom is -0.480 e. The van der Waals surface area contributed by atoms with Gasteiger partial charge >= 0.3 is 5.97 Å². The Labute approximate surface area is 150 Å². The normalized spacial score (nSPS) is 13.0. The highest BCUT2D eigenvalue weighted by Crippen LogP contribution is 2.22. The Hall–Kier alpha value is -1.70. The molecule has 0 fully saturated rings. The maximum Gasteiger partial charge on any atom is 0.321 e. The zero-order chi connectivity index (χ0) is 17.9. The molecule has 1 atom stereocenters. The third-order valence-electron chi connectivity index (χ3n) is 3.67. The maximum atomic E-state index is 12.9. The van der Waals surface area contributed by atoms with E-state index in [-0.39, 0.29) is 11.4 Å². The average Bonchev–Trinajstić information content (AvgIpc) is 2.53. The van der Waals surface area contributed by atoms with Crippen molar-refractivity contribution in [2.24, 2.45) is 0 Å². The van der Waals surface area contributed by atoms with E-state index in [9.17, 15) is 18.3 Å². The molecular weight excluding hydrogens is 394 g/mol. The highest BCUT2D eigenvalue weighted by Gasteiger charge is 2.33. The van der Waals surface area contributed by atoms with Crippen LogP contribution >= 0.6 is 15.9 Å². The van der Waals surface area contributed by atoms with E-state index in [1.165, 1.54) is 19.1 Å². The molecule has 5 nitrogen and oxygen atoms in total. The van der Waals surface area contributed by atoms with E-state index >= 15 is 0 Å². The third kappa shape index (κ3) is 4.23. The molecule has 0 aliphatic heterocycles. The van der Waals surface area contributed by atoms with Crippen molar-refractivity contribution in [3.05, 3.63) is 64.1 Å². The zero-order valence-corrected chi connectivity index (χ0v) is 15.7. The number of rotatable bonds is 6. The van der Waals surface area contributed by atoms with Crippen LogP contribution in [0.5, 0.6) is 0 Å². The second kappa shape index (κ2) is 7.46. The predicted molar refractivity (Wildman–Crippen MR) is 95.1 cm³/mol. The maximum absolute atomic E-state index is 12.9. The molecule has 128 valence electrons. The lowest BCUT2D eigenvalue weighted by molar-refractivity contribution is -0.141. The van der Waals surface area contributed by atoms with Crippen LogP contribution in [0.15, 0.2) is 57.9 Å². The van der Waals surface area contributed by atoms with Gasteiger partial charge in [-0.1, -0.05) is 45.8 Å². The molecule has 2 aromatic carbocycles. The van der Waals surface area contributed by atoms with Crippen LogP contribution in [-0.2, 0) is 21.4 Å². The van der Waals surface area contributed by atoms with Crippen LogP contribution in [0.4, 0.5) is 0 Å². The fourth-order valence-electron chi connectivity index (χ4n) is 2.17. The first-order valence-electron chi connectivity index (χ1n) is 7.27. The van der Waals surface area contributed by atoms with Crippen LogP contribution in [0.2, 0.25) is 0 Å². The summed E-state index contributed by atoms with van der Waals surface area (Å²) in [6, 6.07) is 12.3. The molecule has 0 radical (unpaired) electrons. The molecule has 0 aromatic heterocycles. The summed E-state index contributed by atoms with van der Waals surface area (Å²) in [6.07, 6.45) is 0. The number of benzene rings is 2. The average molecular weight is 412 g/mol. The van der Waals surface area contributed by atoms with Crippen molar-refractivity contribution < 1.29 is 18.3 Å².